The van der Waals surface area contributed by atoms with Crippen LogP contribution in [0.4, 0.5) is 5.69 Å². The van der Waals surface area contributed by atoms with E-state index in [-0.39, 0.29) is 29.1 Å². The van der Waals surface area contributed by atoms with E-state index < -0.39 is 0 Å². The standard InChI is InChI=1S/C14H19N3O3/c1-9-3-4-11(7-13(9)17(19)20)10(2)15-8-14(18)16-12-5-6-12/h3-4,7,10,12,15H,5-6,8H2,1-2H3,(H,16,18). The van der Waals surface area contributed by atoms with Crippen LogP contribution in [-0.2, 0) is 4.79 Å². The Morgan fingerprint density at radius 3 is 2.80 bits per heavy atom. The number of carbonyl (C=O) groups is 1. The molecule has 108 valence electrons. The van der Waals surface area contributed by atoms with Crippen LogP contribution in [-0.4, -0.2) is 23.4 Å². The number of benzene rings is 1. The molecule has 1 unspecified atom stereocenters. The average Bonchev–Trinajstić information content (AvgIpc) is 3.20. The maximum absolute atomic E-state index is 11.6. The number of nitrogens with zero attached hydrogens (tertiary/aromatic N) is 1. The van der Waals surface area contributed by atoms with Gasteiger partial charge in [-0.3, -0.25) is 14.9 Å². The molecule has 1 amide bonds. The SMILES string of the molecule is Cc1ccc(C(C)NCC(=O)NC2CC2)cc1[N+](=O)[O-]. The second-order valence-electron chi connectivity index (χ2n) is 5.25. The Labute approximate surface area is 117 Å². The van der Waals surface area contributed by atoms with Gasteiger partial charge in [0.15, 0.2) is 0 Å². The average molecular weight is 277 g/mol. The van der Waals surface area contributed by atoms with Gasteiger partial charge >= 0.3 is 0 Å². The molecule has 1 aliphatic carbocycles. The molecule has 0 spiro atoms. The minimum atomic E-state index is -0.384. The van der Waals surface area contributed by atoms with Crippen LogP contribution < -0.4 is 10.6 Å². The fraction of sp³-hybridized carbons (Fsp3) is 0.500. The highest BCUT2D eigenvalue weighted by atomic mass is 16.6. The molecule has 0 bridgehead atoms. The Balaban J connectivity index is 1.94. The van der Waals surface area contributed by atoms with Crippen molar-refractivity contribution >= 4 is 11.6 Å². The van der Waals surface area contributed by atoms with E-state index in [2.05, 4.69) is 10.6 Å². The summed E-state index contributed by atoms with van der Waals surface area (Å²) in [7, 11) is 0. The topological polar surface area (TPSA) is 84.3 Å². The number of aryl methyl sites for hydroxylation is 1. The molecule has 0 radical (unpaired) electrons. The molecule has 0 aliphatic heterocycles. The molecule has 20 heavy (non-hydrogen) atoms. The molecule has 1 aromatic carbocycles. The van der Waals surface area contributed by atoms with Gasteiger partial charge in [0.25, 0.3) is 5.69 Å². The van der Waals surface area contributed by atoms with Gasteiger partial charge < -0.3 is 10.6 Å². The van der Waals surface area contributed by atoms with Gasteiger partial charge in [0.05, 0.1) is 11.5 Å². The molecule has 0 saturated heterocycles. The van der Waals surface area contributed by atoms with Crippen molar-refractivity contribution in [2.24, 2.45) is 0 Å². The highest BCUT2D eigenvalue weighted by molar-refractivity contribution is 5.78. The summed E-state index contributed by atoms with van der Waals surface area (Å²) < 4.78 is 0. The van der Waals surface area contributed by atoms with Crippen LogP contribution in [0.25, 0.3) is 0 Å². The van der Waals surface area contributed by atoms with E-state index >= 15 is 0 Å². The molecule has 1 aromatic rings. The fourth-order valence-electron chi connectivity index (χ4n) is 1.96. The molecule has 6 heteroatoms. The van der Waals surface area contributed by atoms with Crippen LogP contribution >= 0.6 is 0 Å². The lowest BCUT2D eigenvalue weighted by atomic mass is 10.0. The summed E-state index contributed by atoms with van der Waals surface area (Å²) in [5.74, 6) is -0.0269. The number of nitro benzene ring substituents is 1. The van der Waals surface area contributed by atoms with Crippen molar-refractivity contribution in [3.63, 3.8) is 0 Å². The molecule has 0 aromatic heterocycles. The summed E-state index contributed by atoms with van der Waals surface area (Å²) in [5, 5.41) is 16.9. The van der Waals surface area contributed by atoms with Gasteiger partial charge in [-0.25, -0.2) is 0 Å². The third kappa shape index (κ3) is 3.77. The van der Waals surface area contributed by atoms with Crippen LogP contribution in [0.15, 0.2) is 18.2 Å². The van der Waals surface area contributed by atoms with Gasteiger partial charge in [-0.15, -0.1) is 0 Å². The third-order valence-electron chi connectivity index (χ3n) is 3.44. The number of nitrogens with one attached hydrogen (secondary N) is 2. The fourth-order valence-corrected chi connectivity index (χ4v) is 1.96. The number of rotatable bonds is 6. The highest BCUT2D eigenvalue weighted by Crippen LogP contribution is 2.23. The van der Waals surface area contributed by atoms with Crippen LogP contribution in [0.3, 0.4) is 0 Å². The summed E-state index contributed by atoms with van der Waals surface area (Å²) in [5.41, 5.74) is 1.55. The first kappa shape index (κ1) is 14.5. The second-order valence-corrected chi connectivity index (χ2v) is 5.25. The second kappa shape index (κ2) is 6.00. The lowest BCUT2D eigenvalue weighted by molar-refractivity contribution is -0.385. The first-order valence-electron chi connectivity index (χ1n) is 6.75. The Hall–Kier alpha value is -1.95. The lowest BCUT2D eigenvalue weighted by Gasteiger charge is -2.14. The summed E-state index contributed by atoms with van der Waals surface area (Å²) in [6, 6.07) is 5.37. The van der Waals surface area contributed by atoms with E-state index in [1.807, 2.05) is 13.0 Å². The normalized spacial score (nSPS) is 15.7. The van der Waals surface area contributed by atoms with E-state index in [0.29, 0.717) is 11.6 Å². The van der Waals surface area contributed by atoms with Gasteiger partial charge in [0.1, 0.15) is 0 Å². The zero-order chi connectivity index (χ0) is 14.7. The molecule has 1 atom stereocenters. The summed E-state index contributed by atoms with van der Waals surface area (Å²) in [4.78, 5) is 22.1. The number of amides is 1. The minimum absolute atomic E-state index is 0.0269. The zero-order valence-corrected chi connectivity index (χ0v) is 11.7. The predicted octanol–water partition coefficient (Wildman–Crippen LogP) is 1.83. The van der Waals surface area contributed by atoms with Crippen molar-refractivity contribution in [1.82, 2.24) is 10.6 Å². The third-order valence-corrected chi connectivity index (χ3v) is 3.44. The van der Waals surface area contributed by atoms with Gasteiger partial charge in [-0.1, -0.05) is 12.1 Å². The van der Waals surface area contributed by atoms with Crippen LogP contribution in [0.5, 0.6) is 0 Å². The first-order valence-corrected chi connectivity index (χ1v) is 6.75. The van der Waals surface area contributed by atoms with E-state index in [4.69, 9.17) is 0 Å². The molecular formula is C14H19N3O3. The Morgan fingerprint density at radius 2 is 2.20 bits per heavy atom. The predicted molar refractivity (Wildman–Crippen MR) is 75.4 cm³/mol. The van der Waals surface area contributed by atoms with E-state index in [9.17, 15) is 14.9 Å². The first-order chi connectivity index (χ1) is 9.47. The van der Waals surface area contributed by atoms with Crippen molar-refractivity contribution in [2.75, 3.05) is 6.54 Å². The molecule has 2 N–H and O–H groups in total. The molecule has 1 fully saturated rings. The quantitative estimate of drug-likeness (QED) is 0.613. The molecule has 0 heterocycles. The van der Waals surface area contributed by atoms with Crippen molar-refractivity contribution in [3.05, 3.63) is 39.4 Å². The smallest absolute Gasteiger partial charge is 0.272 e. The van der Waals surface area contributed by atoms with Crippen molar-refractivity contribution in [1.29, 1.82) is 0 Å². The minimum Gasteiger partial charge on any atom is -0.352 e. The van der Waals surface area contributed by atoms with E-state index in [1.54, 1.807) is 19.1 Å². The summed E-state index contributed by atoms with van der Waals surface area (Å²) in [6.45, 7) is 3.82. The molecule has 1 aliphatic rings. The number of nitro groups is 1. The van der Waals surface area contributed by atoms with Gasteiger partial charge in [0.2, 0.25) is 5.91 Å². The summed E-state index contributed by atoms with van der Waals surface area (Å²) >= 11 is 0. The monoisotopic (exact) mass is 277 g/mol. The Morgan fingerprint density at radius 1 is 1.50 bits per heavy atom. The largest absolute Gasteiger partial charge is 0.352 e. The molecule has 1 saturated carbocycles. The van der Waals surface area contributed by atoms with Crippen molar-refractivity contribution < 1.29 is 9.72 Å². The number of carbonyl (C=O) groups excluding carboxylic acids is 1. The zero-order valence-electron chi connectivity index (χ0n) is 11.7. The number of hydrogen-bond donors (Lipinski definition) is 2. The molecule has 2 rings (SSSR count). The Kier molecular flexibility index (Phi) is 4.34. The van der Waals surface area contributed by atoms with Gasteiger partial charge in [-0.2, -0.15) is 0 Å². The maximum Gasteiger partial charge on any atom is 0.272 e. The van der Waals surface area contributed by atoms with Crippen LogP contribution in [0, 0.1) is 17.0 Å². The van der Waals surface area contributed by atoms with Gasteiger partial charge in [0, 0.05) is 23.7 Å². The lowest BCUT2D eigenvalue weighted by Crippen LogP contribution is -2.36. The number of hydrogen-bond acceptors (Lipinski definition) is 4. The molecule has 6 nitrogen and oxygen atoms in total. The molecular weight excluding hydrogens is 258 g/mol. The van der Waals surface area contributed by atoms with Crippen molar-refractivity contribution in [2.45, 2.75) is 38.8 Å². The van der Waals surface area contributed by atoms with Gasteiger partial charge in [-0.05, 0) is 32.3 Å². The highest BCUT2D eigenvalue weighted by Gasteiger charge is 2.23. The van der Waals surface area contributed by atoms with Crippen molar-refractivity contribution in [3.8, 4) is 0 Å². The summed E-state index contributed by atoms with van der Waals surface area (Å²) in [6.07, 6.45) is 2.12. The van der Waals surface area contributed by atoms with E-state index in [0.717, 1.165) is 18.4 Å². The van der Waals surface area contributed by atoms with Crippen LogP contribution in [0.2, 0.25) is 0 Å². The Bertz CT molecular complexity index is 526. The van der Waals surface area contributed by atoms with Crippen LogP contribution in [0.1, 0.15) is 36.9 Å². The van der Waals surface area contributed by atoms with E-state index in [1.165, 1.54) is 0 Å². The maximum atomic E-state index is 11.6.